The van der Waals surface area contributed by atoms with Crippen LogP contribution in [0.3, 0.4) is 0 Å². The van der Waals surface area contributed by atoms with E-state index in [1.54, 1.807) is 0 Å². The lowest BCUT2D eigenvalue weighted by molar-refractivity contribution is -0.131. The summed E-state index contributed by atoms with van der Waals surface area (Å²) in [5, 5.41) is 18.7. The number of carbonyl (C=O) groups excluding carboxylic acids is 2. The van der Waals surface area contributed by atoms with Crippen molar-refractivity contribution in [1.82, 2.24) is 0 Å². The summed E-state index contributed by atoms with van der Waals surface area (Å²) < 4.78 is 0. The zero-order valence-electron chi connectivity index (χ0n) is 8.11. The maximum atomic E-state index is 11.2. The third kappa shape index (κ3) is 3.20. The van der Waals surface area contributed by atoms with Gasteiger partial charge in [-0.25, -0.2) is 0 Å². The van der Waals surface area contributed by atoms with Gasteiger partial charge in [0.15, 0.2) is 11.6 Å². The van der Waals surface area contributed by atoms with Crippen LogP contribution < -0.4 is 0 Å². The average molecular weight is 200 g/mol. The van der Waals surface area contributed by atoms with Crippen LogP contribution in [0.2, 0.25) is 0 Å². The van der Waals surface area contributed by atoms with Gasteiger partial charge in [0.25, 0.3) is 0 Å². The zero-order valence-corrected chi connectivity index (χ0v) is 8.11. The van der Waals surface area contributed by atoms with Crippen molar-refractivity contribution in [1.29, 1.82) is 0 Å². The Balaban J connectivity index is 2.51. The molecular formula is C10H16O4. The Labute approximate surface area is 82.9 Å². The summed E-state index contributed by atoms with van der Waals surface area (Å²) in [6.45, 7) is 0. The summed E-state index contributed by atoms with van der Waals surface area (Å²) in [5.41, 5.74) is 0. The maximum absolute atomic E-state index is 11.2. The van der Waals surface area contributed by atoms with Crippen molar-refractivity contribution in [2.24, 2.45) is 0 Å². The first kappa shape index (κ1) is 11.3. The van der Waals surface area contributed by atoms with Crippen molar-refractivity contribution in [2.45, 2.75) is 50.7 Å². The Bertz CT molecular complexity index is 200. The molecule has 2 atom stereocenters. The average Bonchev–Trinajstić information content (AvgIpc) is 2.15. The lowest BCUT2D eigenvalue weighted by atomic mass is 9.96. The number of aliphatic hydroxyl groups is 2. The van der Waals surface area contributed by atoms with Gasteiger partial charge in [-0.15, -0.1) is 0 Å². The topological polar surface area (TPSA) is 74.6 Å². The van der Waals surface area contributed by atoms with Gasteiger partial charge in [-0.2, -0.15) is 0 Å². The molecule has 4 nitrogen and oxygen atoms in total. The molecule has 1 fully saturated rings. The van der Waals surface area contributed by atoms with Crippen LogP contribution in [0.4, 0.5) is 0 Å². The molecule has 1 rings (SSSR count). The molecule has 80 valence electrons. The second-order valence-electron chi connectivity index (χ2n) is 3.75. The highest BCUT2D eigenvalue weighted by Gasteiger charge is 2.21. The Morgan fingerprint density at radius 3 is 1.57 bits per heavy atom. The number of aliphatic hydroxyl groups excluding tert-OH is 2. The summed E-state index contributed by atoms with van der Waals surface area (Å²) in [7, 11) is 0. The maximum Gasteiger partial charge on any atom is 0.161 e. The molecule has 0 aromatic rings. The van der Waals surface area contributed by atoms with Gasteiger partial charge in [-0.05, 0) is 25.7 Å². The third-order valence-electron chi connectivity index (χ3n) is 2.54. The van der Waals surface area contributed by atoms with Crippen LogP contribution in [-0.4, -0.2) is 34.0 Å². The Morgan fingerprint density at radius 1 is 0.857 bits per heavy atom. The summed E-state index contributed by atoms with van der Waals surface area (Å²) in [6, 6.07) is 0. The van der Waals surface area contributed by atoms with Crippen LogP contribution in [0.25, 0.3) is 0 Å². The van der Waals surface area contributed by atoms with E-state index in [9.17, 15) is 19.8 Å². The predicted octanol–water partition coefficient (Wildman–Crippen LogP) is 0.201. The zero-order chi connectivity index (χ0) is 10.6. The molecule has 1 aliphatic carbocycles. The minimum absolute atomic E-state index is 0.174. The molecule has 0 aromatic carbocycles. The van der Waals surface area contributed by atoms with Crippen molar-refractivity contribution in [3.05, 3.63) is 0 Å². The first-order chi connectivity index (χ1) is 6.61. The van der Waals surface area contributed by atoms with Gasteiger partial charge in [0.1, 0.15) is 12.2 Å². The number of rotatable bonds is 0. The van der Waals surface area contributed by atoms with Crippen molar-refractivity contribution < 1.29 is 19.8 Å². The van der Waals surface area contributed by atoms with E-state index in [0.717, 1.165) is 0 Å². The first-order valence-electron chi connectivity index (χ1n) is 5.03. The molecule has 1 saturated carbocycles. The molecule has 0 amide bonds. The van der Waals surface area contributed by atoms with Crippen LogP contribution in [0, 0.1) is 0 Å². The van der Waals surface area contributed by atoms with Gasteiger partial charge in [0.2, 0.25) is 0 Å². The van der Waals surface area contributed by atoms with E-state index in [1.165, 1.54) is 0 Å². The standard InChI is InChI=1S/C10H16O4/c11-7-3-1-4-8(12)10(14)6-2-5-9(7)13/h7,10-11,14H,1-6H2. The minimum Gasteiger partial charge on any atom is -0.385 e. The number of Topliss-reactive ketones (excluding diaryl/α,β-unsaturated/α-hetero) is 2. The fraction of sp³-hybridized carbons (Fsp3) is 0.800. The summed E-state index contributed by atoms with van der Waals surface area (Å²) in [6.07, 6.45) is 0.285. The van der Waals surface area contributed by atoms with Crippen molar-refractivity contribution in [3.8, 4) is 0 Å². The van der Waals surface area contributed by atoms with Crippen LogP contribution in [0.1, 0.15) is 38.5 Å². The van der Waals surface area contributed by atoms with Gasteiger partial charge >= 0.3 is 0 Å². The van der Waals surface area contributed by atoms with E-state index in [1.807, 2.05) is 0 Å². The van der Waals surface area contributed by atoms with Gasteiger partial charge in [0, 0.05) is 12.8 Å². The van der Waals surface area contributed by atoms with Crippen LogP contribution in [-0.2, 0) is 9.59 Å². The fourth-order valence-electron chi connectivity index (χ4n) is 1.59. The summed E-state index contributed by atoms with van der Waals surface area (Å²) >= 11 is 0. The number of ketones is 2. The number of hydrogen-bond donors (Lipinski definition) is 2. The predicted molar refractivity (Wildman–Crippen MR) is 49.7 cm³/mol. The number of carbonyl (C=O) groups is 2. The van der Waals surface area contributed by atoms with Gasteiger partial charge in [0.05, 0.1) is 0 Å². The molecular weight excluding hydrogens is 184 g/mol. The third-order valence-corrected chi connectivity index (χ3v) is 2.54. The first-order valence-corrected chi connectivity index (χ1v) is 5.03. The summed E-state index contributed by atoms with van der Waals surface area (Å²) in [5.74, 6) is -0.349. The van der Waals surface area contributed by atoms with Crippen molar-refractivity contribution >= 4 is 11.6 Å². The molecule has 2 N–H and O–H groups in total. The van der Waals surface area contributed by atoms with Crippen LogP contribution in [0.5, 0.6) is 0 Å². The molecule has 0 aliphatic heterocycles. The van der Waals surface area contributed by atoms with Crippen LogP contribution >= 0.6 is 0 Å². The van der Waals surface area contributed by atoms with Crippen molar-refractivity contribution in [2.75, 3.05) is 0 Å². The minimum atomic E-state index is -0.918. The van der Waals surface area contributed by atoms with E-state index < -0.39 is 12.2 Å². The Kier molecular flexibility index (Phi) is 4.22. The summed E-state index contributed by atoms with van der Waals surface area (Å²) in [4.78, 5) is 22.4. The highest BCUT2D eigenvalue weighted by molar-refractivity contribution is 5.84. The second kappa shape index (κ2) is 5.22. The van der Waals surface area contributed by atoms with Gasteiger partial charge in [-0.3, -0.25) is 9.59 Å². The monoisotopic (exact) mass is 200 g/mol. The quantitative estimate of drug-likeness (QED) is 0.585. The van der Waals surface area contributed by atoms with E-state index in [0.29, 0.717) is 25.7 Å². The van der Waals surface area contributed by atoms with Gasteiger partial charge < -0.3 is 10.2 Å². The molecule has 4 heteroatoms. The van der Waals surface area contributed by atoms with E-state index >= 15 is 0 Å². The highest BCUT2D eigenvalue weighted by atomic mass is 16.3. The van der Waals surface area contributed by atoms with E-state index in [-0.39, 0.29) is 24.4 Å². The van der Waals surface area contributed by atoms with Crippen molar-refractivity contribution in [3.63, 3.8) is 0 Å². The molecule has 0 aromatic heterocycles. The van der Waals surface area contributed by atoms with Gasteiger partial charge in [-0.1, -0.05) is 0 Å². The normalized spacial score (nSPS) is 31.6. The molecule has 1 aliphatic rings. The molecule has 0 bridgehead atoms. The number of hydrogen-bond acceptors (Lipinski definition) is 4. The van der Waals surface area contributed by atoms with Crippen LogP contribution in [0.15, 0.2) is 0 Å². The molecule has 0 heterocycles. The highest BCUT2D eigenvalue weighted by Crippen LogP contribution is 2.13. The Hall–Kier alpha value is -0.740. The van der Waals surface area contributed by atoms with E-state index in [4.69, 9.17) is 0 Å². The molecule has 2 unspecified atom stereocenters. The molecule has 0 saturated heterocycles. The fourth-order valence-corrected chi connectivity index (χ4v) is 1.59. The SMILES string of the molecule is O=C1CCCC(O)C(=O)CCCC1O. The molecule has 0 spiro atoms. The largest absolute Gasteiger partial charge is 0.385 e. The van der Waals surface area contributed by atoms with E-state index in [2.05, 4.69) is 0 Å². The molecule has 0 radical (unpaired) electrons. The Morgan fingerprint density at radius 2 is 1.21 bits per heavy atom. The lowest BCUT2D eigenvalue weighted by Gasteiger charge is -2.14. The lowest BCUT2D eigenvalue weighted by Crippen LogP contribution is -2.26. The molecule has 14 heavy (non-hydrogen) atoms. The second-order valence-corrected chi connectivity index (χ2v) is 3.75. The smallest absolute Gasteiger partial charge is 0.161 e.